The van der Waals surface area contributed by atoms with Crippen molar-refractivity contribution in [2.75, 3.05) is 12.3 Å². The summed E-state index contributed by atoms with van der Waals surface area (Å²) in [5, 5.41) is 2.11. The van der Waals surface area contributed by atoms with Gasteiger partial charge in [0.1, 0.15) is 0 Å². The third-order valence-electron chi connectivity index (χ3n) is 4.18. The summed E-state index contributed by atoms with van der Waals surface area (Å²) in [6.45, 7) is 4.76. The fourth-order valence-corrected chi connectivity index (χ4v) is 4.30. The predicted molar refractivity (Wildman–Crippen MR) is 90.8 cm³/mol. The fourth-order valence-electron chi connectivity index (χ4n) is 2.86. The van der Waals surface area contributed by atoms with Crippen molar-refractivity contribution in [2.24, 2.45) is 0 Å². The molecule has 1 atom stereocenters. The van der Waals surface area contributed by atoms with Crippen LogP contribution in [-0.2, 0) is 6.42 Å². The number of nitrogens with zero attached hydrogens (tertiary/aromatic N) is 1. The van der Waals surface area contributed by atoms with E-state index in [-0.39, 0.29) is 11.9 Å². The number of fused-ring (bicyclic) bond motifs is 1. The lowest BCUT2D eigenvalue weighted by Gasteiger charge is -2.34. The van der Waals surface area contributed by atoms with Crippen LogP contribution in [-0.4, -0.2) is 17.4 Å². The first-order chi connectivity index (χ1) is 9.99. The van der Waals surface area contributed by atoms with E-state index in [2.05, 4.69) is 34.3 Å². The summed E-state index contributed by atoms with van der Waals surface area (Å²) in [5.74, 6) is 0.0600. The molecule has 0 aliphatic carbocycles. The number of benzene rings is 1. The van der Waals surface area contributed by atoms with E-state index >= 15 is 0 Å². The summed E-state index contributed by atoms with van der Waals surface area (Å²) < 4.78 is 0.842. The number of anilines is 1. The van der Waals surface area contributed by atoms with Gasteiger partial charge in [-0.05, 0) is 55.0 Å². The number of hydrogen-bond acceptors (Lipinski definition) is 3. The molecule has 110 valence electrons. The molecule has 1 aliphatic rings. The molecule has 0 radical (unpaired) electrons. The van der Waals surface area contributed by atoms with Crippen molar-refractivity contribution in [1.82, 2.24) is 4.90 Å². The van der Waals surface area contributed by atoms with Gasteiger partial charge in [0.15, 0.2) is 0 Å². The molecule has 0 saturated carbocycles. The molecule has 1 unspecified atom stereocenters. The number of halogens is 1. The fraction of sp³-hybridized carbons (Fsp3) is 0.312. The third-order valence-corrected chi connectivity index (χ3v) is 5.64. The van der Waals surface area contributed by atoms with E-state index in [1.165, 1.54) is 10.4 Å². The molecule has 0 bridgehead atoms. The van der Waals surface area contributed by atoms with E-state index < -0.39 is 0 Å². The molecule has 5 heteroatoms. The van der Waals surface area contributed by atoms with Crippen molar-refractivity contribution in [1.29, 1.82) is 0 Å². The van der Waals surface area contributed by atoms with Crippen molar-refractivity contribution >= 4 is 38.9 Å². The molecule has 0 fully saturated rings. The Balaban J connectivity index is 1.97. The first kappa shape index (κ1) is 14.6. The Hall–Kier alpha value is -1.33. The topological polar surface area (TPSA) is 46.3 Å². The summed E-state index contributed by atoms with van der Waals surface area (Å²) >= 11 is 5.21. The van der Waals surface area contributed by atoms with E-state index in [0.29, 0.717) is 11.3 Å². The molecular weight excluding hydrogens is 348 g/mol. The zero-order valence-corrected chi connectivity index (χ0v) is 14.4. The molecule has 3 nitrogen and oxygen atoms in total. The second-order valence-electron chi connectivity index (χ2n) is 5.39. The molecule has 2 heterocycles. The molecular formula is C16H17BrN2OS. The van der Waals surface area contributed by atoms with Crippen LogP contribution in [0, 0.1) is 6.92 Å². The number of nitrogen functional groups attached to an aromatic ring is 1. The Labute approximate surface area is 136 Å². The van der Waals surface area contributed by atoms with Crippen LogP contribution in [0.1, 0.15) is 39.3 Å². The van der Waals surface area contributed by atoms with E-state index in [9.17, 15) is 4.79 Å². The number of carbonyl (C=O) groups excluding carboxylic acids is 1. The monoisotopic (exact) mass is 364 g/mol. The highest BCUT2D eigenvalue weighted by atomic mass is 79.9. The van der Waals surface area contributed by atoms with Crippen LogP contribution < -0.4 is 5.73 Å². The van der Waals surface area contributed by atoms with Crippen LogP contribution >= 0.6 is 27.3 Å². The van der Waals surface area contributed by atoms with Gasteiger partial charge in [0.05, 0.1) is 6.04 Å². The molecule has 0 saturated heterocycles. The normalized spacial score (nSPS) is 17.7. The van der Waals surface area contributed by atoms with Gasteiger partial charge in [-0.2, -0.15) is 0 Å². The first-order valence-corrected chi connectivity index (χ1v) is 8.59. The smallest absolute Gasteiger partial charge is 0.254 e. The number of carbonyl (C=O) groups is 1. The highest BCUT2D eigenvalue weighted by Crippen LogP contribution is 2.34. The SMILES string of the molecule is Cc1c(N)cc(Br)cc1C(=O)N1CCc2sccc2C1C. The minimum absolute atomic E-state index is 0.0600. The van der Waals surface area contributed by atoms with Crippen LogP contribution in [0.15, 0.2) is 28.1 Å². The lowest BCUT2D eigenvalue weighted by Crippen LogP contribution is -2.38. The van der Waals surface area contributed by atoms with Crippen molar-refractivity contribution in [3.63, 3.8) is 0 Å². The quantitative estimate of drug-likeness (QED) is 0.772. The van der Waals surface area contributed by atoms with Crippen LogP contribution in [0.25, 0.3) is 0 Å². The van der Waals surface area contributed by atoms with Gasteiger partial charge in [0.25, 0.3) is 5.91 Å². The molecule has 1 aliphatic heterocycles. The van der Waals surface area contributed by atoms with Gasteiger partial charge in [-0.25, -0.2) is 0 Å². The Morgan fingerprint density at radius 3 is 3.00 bits per heavy atom. The molecule has 2 aromatic rings. The van der Waals surface area contributed by atoms with Gasteiger partial charge in [0.2, 0.25) is 0 Å². The average molecular weight is 365 g/mol. The summed E-state index contributed by atoms with van der Waals surface area (Å²) in [6.07, 6.45) is 0.936. The van der Waals surface area contributed by atoms with Gasteiger partial charge in [-0.15, -0.1) is 11.3 Å². The van der Waals surface area contributed by atoms with E-state index in [1.54, 1.807) is 11.3 Å². The Bertz CT molecular complexity index is 710. The highest BCUT2D eigenvalue weighted by molar-refractivity contribution is 9.10. The average Bonchev–Trinajstić information content (AvgIpc) is 2.92. The molecule has 21 heavy (non-hydrogen) atoms. The largest absolute Gasteiger partial charge is 0.398 e. The second kappa shape index (κ2) is 5.46. The number of amides is 1. The maximum atomic E-state index is 12.9. The lowest BCUT2D eigenvalue weighted by atomic mass is 9.98. The molecule has 2 N–H and O–H groups in total. The summed E-state index contributed by atoms with van der Waals surface area (Å²) in [5.41, 5.74) is 9.45. The van der Waals surface area contributed by atoms with Gasteiger partial charge in [-0.1, -0.05) is 15.9 Å². The second-order valence-corrected chi connectivity index (χ2v) is 7.31. The molecule has 0 spiro atoms. The summed E-state index contributed by atoms with van der Waals surface area (Å²) in [4.78, 5) is 16.3. The van der Waals surface area contributed by atoms with Gasteiger partial charge in [-0.3, -0.25) is 4.79 Å². The molecule has 1 amide bonds. The Morgan fingerprint density at radius 1 is 1.48 bits per heavy atom. The molecule has 3 rings (SSSR count). The van der Waals surface area contributed by atoms with Crippen molar-refractivity contribution in [3.05, 3.63) is 49.6 Å². The predicted octanol–water partition coefficient (Wildman–Crippen LogP) is 4.16. The minimum Gasteiger partial charge on any atom is -0.398 e. The summed E-state index contributed by atoms with van der Waals surface area (Å²) in [7, 11) is 0. The van der Waals surface area contributed by atoms with Crippen LogP contribution in [0.4, 0.5) is 5.69 Å². The highest BCUT2D eigenvalue weighted by Gasteiger charge is 2.29. The third kappa shape index (κ3) is 2.49. The van der Waals surface area contributed by atoms with Gasteiger partial charge >= 0.3 is 0 Å². The number of thiophene rings is 1. The standard InChI is InChI=1S/C16H17BrN2OS/c1-9-13(7-11(17)8-14(9)18)16(20)19-5-3-15-12(10(19)2)4-6-21-15/h4,6-8,10H,3,5,18H2,1-2H3. The van der Waals surface area contributed by atoms with Gasteiger partial charge in [0, 0.05) is 27.1 Å². The minimum atomic E-state index is 0.0600. The van der Waals surface area contributed by atoms with Crippen LogP contribution in [0.2, 0.25) is 0 Å². The maximum absolute atomic E-state index is 12.9. The summed E-state index contributed by atoms with van der Waals surface area (Å²) in [6, 6.07) is 5.95. The van der Waals surface area contributed by atoms with Crippen LogP contribution in [0.3, 0.4) is 0 Å². The molecule has 1 aromatic heterocycles. The van der Waals surface area contributed by atoms with E-state index in [1.807, 2.05) is 24.0 Å². The number of nitrogens with two attached hydrogens (primary N) is 1. The van der Waals surface area contributed by atoms with Crippen molar-refractivity contribution in [2.45, 2.75) is 26.3 Å². The van der Waals surface area contributed by atoms with E-state index in [0.717, 1.165) is 23.0 Å². The molecule has 1 aromatic carbocycles. The Morgan fingerprint density at radius 2 is 2.24 bits per heavy atom. The Kier molecular flexibility index (Phi) is 3.80. The zero-order valence-electron chi connectivity index (χ0n) is 12.0. The van der Waals surface area contributed by atoms with Crippen LogP contribution in [0.5, 0.6) is 0 Å². The number of hydrogen-bond donors (Lipinski definition) is 1. The van der Waals surface area contributed by atoms with Gasteiger partial charge < -0.3 is 10.6 Å². The zero-order chi connectivity index (χ0) is 15.1. The van der Waals surface area contributed by atoms with Crippen molar-refractivity contribution in [3.8, 4) is 0 Å². The van der Waals surface area contributed by atoms with E-state index in [4.69, 9.17) is 5.73 Å². The lowest BCUT2D eigenvalue weighted by molar-refractivity contribution is 0.0678. The first-order valence-electron chi connectivity index (χ1n) is 6.92. The maximum Gasteiger partial charge on any atom is 0.254 e. The van der Waals surface area contributed by atoms with Crippen molar-refractivity contribution < 1.29 is 4.79 Å². The number of rotatable bonds is 1.